The van der Waals surface area contributed by atoms with Gasteiger partial charge in [-0.25, -0.2) is 4.79 Å². The lowest BCUT2D eigenvalue weighted by atomic mass is 10.1. The highest BCUT2D eigenvalue weighted by atomic mass is 16.5. The van der Waals surface area contributed by atoms with Crippen molar-refractivity contribution in [1.82, 2.24) is 5.32 Å². The average molecular weight is 387 g/mol. The largest absolute Gasteiger partial charge is 0.469 e. The van der Waals surface area contributed by atoms with Gasteiger partial charge >= 0.3 is 12.1 Å². The van der Waals surface area contributed by atoms with Crippen molar-refractivity contribution in [3.8, 4) is 0 Å². The van der Waals surface area contributed by atoms with Crippen molar-refractivity contribution in [3.05, 3.63) is 71.8 Å². The average Bonchev–Trinajstić information content (AvgIpc) is 2.73. The van der Waals surface area contributed by atoms with Crippen molar-refractivity contribution in [1.29, 1.82) is 0 Å². The standard InChI is InChI=1S/C21H25NO6/c1-26-20(24)12-19(23)18(15-27-13-16-8-4-2-5-9-16)22-21(25)28-14-17-10-6-3-7-11-17/h2-11,18-19,23H,12-15H2,1H3,(H,22,25)/t18-,19-/m0/s1. The molecule has 0 radical (unpaired) electrons. The van der Waals surface area contributed by atoms with Crippen LogP contribution >= 0.6 is 0 Å². The number of carbonyl (C=O) groups is 2. The molecule has 7 heteroatoms. The van der Waals surface area contributed by atoms with Crippen LogP contribution in [0, 0.1) is 0 Å². The molecule has 7 nitrogen and oxygen atoms in total. The summed E-state index contributed by atoms with van der Waals surface area (Å²) >= 11 is 0. The SMILES string of the molecule is COC(=O)C[C@H](O)[C@H](COCc1ccccc1)NC(=O)OCc1ccccc1. The predicted molar refractivity (Wildman–Crippen MR) is 102 cm³/mol. The normalized spacial score (nSPS) is 12.6. The number of carbonyl (C=O) groups excluding carboxylic acids is 2. The van der Waals surface area contributed by atoms with E-state index in [1.165, 1.54) is 7.11 Å². The minimum absolute atomic E-state index is 0.00743. The predicted octanol–water partition coefficient (Wildman–Crippen LogP) is 2.42. The summed E-state index contributed by atoms with van der Waals surface area (Å²) in [6, 6.07) is 17.9. The zero-order chi connectivity index (χ0) is 20.2. The molecule has 0 saturated carbocycles. The fraction of sp³-hybridized carbons (Fsp3) is 0.333. The molecule has 0 aromatic heterocycles. The molecule has 2 aromatic rings. The molecule has 0 aliphatic carbocycles. The zero-order valence-corrected chi connectivity index (χ0v) is 15.7. The van der Waals surface area contributed by atoms with E-state index in [0.717, 1.165) is 11.1 Å². The van der Waals surface area contributed by atoms with Gasteiger partial charge in [-0.2, -0.15) is 0 Å². The first-order chi connectivity index (χ1) is 13.6. The van der Waals surface area contributed by atoms with E-state index in [0.29, 0.717) is 6.61 Å². The summed E-state index contributed by atoms with van der Waals surface area (Å²) in [6.45, 7) is 0.411. The summed E-state index contributed by atoms with van der Waals surface area (Å²) in [6.07, 6.45) is -2.15. The zero-order valence-electron chi connectivity index (χ0n) is 15.7. The van der Waals surface area contributed by atoms with Crippen LogP contribution in [-0.2, 0) is 32.2 Å². The third kappa shape index (κ3) is 7.77. The fourth-order valence-electron chi connectivity index (χ4n) is 2.44. The molecule has 0 unspecified atom stereocenters. The number of aliphatic hydroxyl groups excluding tert-OH is 1. The van der Waals surface area contributed by atoms with Crippen LogP contribution in [0.4, 0.5) is 4.79 Å². The van der Waals surface area contributed by atoms with Crippen LogP contribution in [0.3, 0.4) is 0 Å². The van der Waals surface area contributed by atoms with E-state index >= 15 is 0 Å². The first-order valence-corrected chi connectivity index (χ1v) is 8.92. The van der Waals surface area contributed by atoms with Crippen molar-refractivity contribution in [3.63, 3.8) is 0 Å². The summed E-state index contributed by atoms with van der Waals surface area (Å²) in [7, 11) is 1.23. The van der Waals surface area contributed by atoms with E-state index in [1.54, 1.807) is 0 Å². The van der Waals surface area contributed by atoms with Gasteiger partial charge in [-0.3, -0.25) is 4.79 Å². The van der Waals surface area contributed by atoms with Crippen molar-refractivity contribution in [2.45, 2.75) is 31.8 Å². The molecule has 0 saturated heterocycles. The van der Waals surface area contributed by atoms with E-state index in [9.17, 15) is 14.7 Å². The van der Waals surface area contributed by atoms with E-state index in [-0.39, 0.29) is 19.6 Å². The van der Waals surface area contributed by atoms with Gasteiger partial charge in [0, 0.05) is 0 Å². The van der Waals surface area contributed by atoms with Gasteiger partial charge in [0.25, 0.3) is 0 Å². The number of esters is 1. The Kier molecular flexibility index (Phi) is 8.97. The number of amides is 1. The molecular weight excluding hydrogens is 362 g/mol. The summed E-state index contributed by atoms with van der Waals surface area (Å²) in [5, 5.41) is 12.8. The summed E-state index contributed by atoms with van der Waals surface area (Å²) in [4.78, 5) is 23.6. The Balaban J connectivity index is 1.88. The third-order valence-corrected chi connectivity index (χ3v) is 3.99. The second-order valence-corrected chi connectivity index (χ2v) is 6.16. The van der Waals surface area contributed by atoms with Crippen molar-refractivity contribution >= 4 is 12.1 Å². The van der Waals surface area contributed by atoms with Crippen molar-refractivity contribution < 1.29 is 28.9 Å². The highest BCUT2D eigenvalue weighted by Crippen LogP contribution is 2.07. The van der Waals surface area contributed by atoms with Crippen molar-refractivity contribution in [2.24, 2.45) is 0 Å². The maximum atomic E-state index is 12.1. The maximum Gasteiger partial charge on any atom is 0.407 e. The summed E-state index contributed by atoms with van der Waals surface area (Å²) in [5.74, 6) is -0.583. The Morgan fingerprint density at radius 3 is 2.11 bits per heavy atom. The minimum atomic E-state index is -1.17. The Morgan fingerprint density at radius 1 is 0.964 bits per heavy atom. The van der Waals surface area contributed by atoms with Crippen LogP contribution in [0.5, 0.6) is 0 Å². The maximum absolute atomic E-state index is 12.1. The number of methoxy groups -OCH3 is 1. The summed E-state index contributed by atoms with van der Waals surface area (Å²) in [5.41, 5.74) is 1.79. The number of aliphatic hydroxyl groups is 1. The first-order valence-electron chi connectivity index (χ1n) is 8.92. The highest BCUT2D eigenvalue weighted by Gasteiger charge is 2.25. The monoisotopic (exact) mass is 387 g/mol. The Bertz CT molecular complexity index is 722. The molecule has 2 rings (SSSR count). The molecule has 0 bridgehead atoms. The van der Waals surface area contributed by atoms with Gasteiger partial charge < -0.3 is 24.6 Å². The molecule has 2 N–H and O–H groups in total. The number of nitrogens with one attached hydrogen (secondary N) is 1. The quantitative estimate of drug-likeness (QED) is 0.608. The van der Waals surface area contributed by atoms with Gasteiger partial charge in [0.15, 0.2) is 0 Å². The van der Waals surface area contributed by atoms with E-state index < -0.39 is 24.2 Å². The number of hydrogen-bond donors (Lipinski definition) is 2. The molecule has 2 aromatic carbocycles. The van der Waals surface area contributed by atoms with E-state index in [2.05, 4.69) is 10.1 Å². The first kappa shape index (κ1) is 21.4. The van der Waals surface area contributed by atoms with Gasteiger partial charge in [-0.05, 0) is 11.1 Å². The molecule has 2 atom stereocenters. The number of alkyl carbamates (subject to hydrolysis) is 1. The lowest BCUT2D eigenvalue weighted by Crippen LogP contribution is -2.47. The Morgan fingerprint density at radius 2 is 1.54 bits per heavy atom. The Labute approximate surface area is 164 Å². The minimum Gasteiger partial charge on any atom is -0.469 e. The number of ether oxygens (including phenoxy) is 3. The lowest BCUT2D eigenvalue weighted by molar-refractivity contribution is -0.143. The molecule has 0 aliphatic rings. The number of hydrogen-bond acceptors (Lipinski definition) is 6. The van der Waals surface area contributed by atoms with Crippen LogP contribution in [-0.4, -0.2) is 43.0 Å². The van der Waals surface area contributed by atoms with E-state index in [4.69, 9.17) is 9.47 Å². The molecule has 150 valence electrons. The van der Waals surface area contributed by atoms with Gasteiger partial charge in [0.2, 0.25) is 0 Å². The third-order valence-electron chi connectivity index (χ3n) is 3.99. The smallest absolute Gasteiger partial charge is 0.407 e. The highest BCUT2D eigenvalue weighted by molar-refractivity contribution is 5.70. The van der Waals surface area contributed by atoms with Gasteiger partial charge in [-0.15, -0.1) is 0 Å². The molecule has 0 aliphatic heterocycles. The fourth-order valence-corrected chi connectivity index (χ4v) is 2.44. The second kappa shape index (κ2) is 11.7. The molecule has 28 heavy (non-hydrogen) atoms. The summed E-state index contributed by atoms with van der Waals surface area (Å²) < 4.78 is 15.3. The molecule has 0 spiro atoms. The second-order valence-electron chi connectivity index (χ2n) is 6.16. The van der Waals surface area contributed by atoms with Gasteiger partial charge in [0.05, 0.1) is 38.9 Å². The van der Waals surface area contributed by atoms with Crippen LogP contribution < -0.4 is 5.32 Å². The Hall–Kier alpha value is -2.90. The van der Waals surface area contributed by atoms with Crippen LogP contribution in [0.2, 0.25) is 0 Å². The van der Waals surface area contributed by atoms with Crippen LogP contribution in [0.1, 0.15) is 17.5 Å². The van der Waals surface area contributed by atoms with E-state index in [1.807, 2.05) is 60.7 Å². The molecule has 1 amide bonds. The molecule has 0 fully saturated rings. The van der Waals surface area contributed by atoms with Crippen LogP contribution in [0.15, 0.2) is 60.7 Å². The van der Waals surface area contributed by atoms with Gasteiger partial charge in [-0.1, -0.05) is 60.7 Å². The number of benzene rings is 2. The van der Waals surface area contributed by atoms with Crippen LogP contribution in [0.25, 0.3) is 0 Å². The molecule has 0 heterocycles. The number of rotatable bonds is 10. The van der Waals surface area contributed by atoms with Crippen molar-refractivity contribution in [2.75, 3.05) is 13.7 Å². The molecular formula is C21H25NO6. The lowest BCUT2D eigenvalue weighted by Gasteiger charge is -2.23. The van der Waals surface area contributed by atoms with Gasteiger partial charge in [0.1, 0.15) is 6.61 Å². The topological polar surface area (TPSA) is 94.1 Å².